The van der Waals surface area contributed by atoms with E-state index in [9.17, 15) is 14.7 Å². The molecule has 1 aromatic rings. The van der Waals surface area contributed by atoms with E-state index in [1.807, 2.05) is 24.3 Å². The third-order valence-electron chi connectivity index (χ3n) is 4.01. The van der Waals surface area contributed by atoms with Gasteiger partial charge in [-0.25, -0.2) is 0 Å². The quantitative estimate of drug-likeness (QED) is 0.786. The molecule has 1 aliphatic rings. The van der Waals surface area contributed by atoms with Crippen molar-refractivity contribution in [2.24, 2.45) is 5.92 Å². The van der Waals surface area contributed by atoms with Gasteiger partial charge in [0.15, 0.2) is 6.61 Å². The van der Waals surface area contributed by atoms with Gasteiger partial charge < -0.3 is 19.5 Å². The van der Waals surface area contributed by atoms with E-state index in [2.05, 4.69) is 6.92 Å². The Morgan fingerprint density at radius 2 is 1.86 bits per heavy atom. The zero-order valence-electron chi connectivity index (χ0n) is 12.9. The number of nitrogens with zero attached hydrogens (tertiary/aromatic N) is 1. The summed E-state index contributed by atoms with van der Waals surface area (Å²) in [7, 11) is 0. The van der Waals surface area contributed by atoms with Gasteiger partial charge in [-0.1, -0.05) is 25.5 Å². The zero-order chi connectivity index (χ0) is 15.9. The molecule has 0 radical (unpaired) electrons. The monoisotopic (exact) mass is 304 g/mol. The van der Waals surface area contributed by atoms with Gasteiger partial charge in [-0.2, -0.15) is 0 Å². The standard InChI is InChI=1S/C17H23NO4/c1-2-3-13-4-6-15(7-5-13)22-12-16(19)18-10-8-14(9-11-18)17(20)21/h4-7,14H,2-3,8-12H2,1H3,(H,20,21)/p-1. The number of carboxylic acids is 1. The number of piperidine rings is 1. The highest BCUT2D eigenvalue weighted by molar-refractivity contribution is 5.78. The molecule has 1 aromatic carbocycles. The van der Waals surface area contributed by atoms with Crippen molar-refractivity contribution in [1.82, 2.24) is 4.90 Å². The van der Waals surface area contributed by atoms with E-state index in [-0.39, 0.29) is 12.5 Å². The van der Waals surface area contributed by atoms with Crippen LogP contribution in [-0.2, 0) is 16.0 Å². The fraction of sp³-hybridized carbons (Fsp3) is 0.529. The SMILES string of the molecule is CCCc1ccc(OCC(=O)N2CCC(C(=O)[O-])CC2)cc1. The third-order valence-corrected chi connectivity index (χ3v) is 4.01. The van der Waals surface area contributed by atoms with Crippen LogP contribution in [0.25, 0.3) is 0 Å². The van der Waals surface area contributed by atoms with Gasteiger partial charge in [-0.3, -0.25) is 4.79 Å². The van der Waals surface area contributed by atoms with E-state index in [0.717, 1.165) is 12.8 Å². The Bertz CT molecular complexity index is 504. The Balaban J connectivity index is 1.77. The summed E-state index contributed by atoms with van der Waals surface area (Å²) in [5, 5.41) is 10.8. The lowest BCUT2D eigenvalue weighted by atomic mass is 9.97. The summed E-state index contributed by atoms with van der Waals surface area (Å²) in [5.41, 5.74) is 1.26. The molecule has 5 nitrogen and oxygen atoms in total. The van der Waals surface area contributed by atoms with Crippen LogP contribution < -0.4 is 9.84 Å². The van der Waals surface area contributed by atoms with Gasteiger partial charge in [0, 0.05) is 25.0 Å². The number of hydrogen-bond acceptors (Lipinski definition) is 4. The Hall–Kier alpha value is -2.04. The van der Waals surface area contributed by atoms with Gasteiger partial charge in [-0.05, 0) is 37.0 Å². The topological polar surface area (TPSA) is 69.7 Å². The summed E-state index contributed by atoms with van der Waals surface area (Å²) >= 11 is 0. The average molecular weight is 304 g/mol. The van der Waals surface area contributed by atoms with Crippen LogP contribution in [0.2, 0.25) is 0 Å². The number of ether oxygens (including phenoxy) is 1. The van der Waals surface area contributed by atoms with Gasteiger partial charge in [-0.15, -0.1) is 0 Å². The molecule has 0 aromatic heterocycles. The summed E-state index contributed by atoms with van der Waals surface area (Å²) in [6.07, 6.45) is 3.05. The molecular formula is C17H22NO4-. The van der Waals surface area contributed by atoms with Crippen LogP contribution in [0.4, 0.5) is 0 Å². The summed E-state index contributed by atoms with van der Waals surface area (Å²) in [6.45, 7) is 3.03. The molecule has 1 fully saturated rings. The van der Waals surface area contributed by atoms with Crippen LogP contribution in [0.5, 0.6) is 5.75 Å². The van der Waals surface area contributed by atoms with Crippen molar-refractivity contribution in [2.45, 2.75) is 32.6 Å². The maximum Gasteiger partial charge on any atom is 0.260 e. The van der Waals surface area contributed by atoms with Crippen LogP contribution in [-0.4, -0.2) is 36.5 Å². The average Bonchev–Trinajstić information content (AvgIpc) is 2.54. The highest BCUT2D eigenvalue weighted by Crippen LogP contribution is 2.17. The molecule has 1 aliphatic heterocycles. The Kier molecular flexibility index (Phi) is 5.81. The number of aryl methyl sites for hydroxylation is 1. The minimum Gasteiger partial charge on any atom is -0.550 e. The Labute approximate surface area is 130 Å². The second-order valence-electron chi connectivity index (χ2n) is 5.66. The summed E-state index contributed by atoms with van der Waals surface area (Å²) in [4.78, 5) is 24.5. The number of carbonyl (C=O) groups is 2. The second kappa shape index (κ2) is 7.82. The first-order valence-corrected chi connectivity index (χ1v) is 7.80. The highest BCUT2D eigenvalue weighted by atomic mass is 16.5. The van der Waals surface area contributed by atoms with Gasteiger partial charge >= 0.3 is 0 Å². The van der Waals surface area contributed by atoms with E-state index in [1.54, 1.807) is 4.90 Å². The molecule has 0 spiro atoms. The molecule has 1 amide bonds. The van der Waals surface area contributed by atoms with Crippen molar-refractivity contribution in [1.29, 1.82) is 0 Å². The number of rotatable bonds is 6. The molecule has 5 heteroatoms. The molecule has 0 saturated carbocycles. The Morgan fingerprint density at radius 3 is 2.41 bits per heavy atom. The molecule has 0 aliphatic carbocycles. The maximum atomic E-state index is 12.1. The van der Waals surface area contributed by atoms with Crippen LogP contribution in [0, 0.1) is 5.92 Å². The van der Waals surface area contributed by atoms with Crippen molar-refractivity contribution in [3.8, 4) is 5.75 Å². The molecular weight excluding hydrogens is 282 g/mol. The minimum absolute atomic E-state index is 0.0108. The molecule has 0 N–H and O–H groups in total. The number of likely N-dealkylation sites (tertiary alicyclic amines) is 1. The lowest BCUT2D eigenvalue weighted by molar-refractivity contribution is -0.312. The lowest BCUT2D eigenvalue weighted by Gasteiger charge is -2.32. The zero-order valence-corrected chi connectivity index (χ0v) is 12.9. The predicted molar refractivity (Wildman–Crippen MR) is 80.2 cm³/mol. The number of aliphatic carboxylic acids is 1. The normalized spacial score (nSPS) is 15.6. The molecule has 0 atom stereocenters. The first kappa shape index (κ1) is 16.3. The van der Waals surface area contributed by atoms with Crippen LogP contribution in [0.3, 0.4) is 0 Å². The summed E-state index contributed by atoms with van der Waals surface area (Å²) < 4.78 is 5.51. The smallest absolute Gasteiger partial charge is 0.260 e. The summed E-state index contributed by atoms with van der Waals surface area (Å²) in [5.74, 6) is -0.876. The lowest BCUT2D eigenvalue weighted by Crippen LogP contribution is -2.45. The number of benzene rings is 1. The van der Waals surface area contributed by atoms with Crippen molar-refractivity contribution in [3.63, 3.8) is 0 Å². The van der Waals surface area contributed by atoms with Crippen molar-refractivity contribution in [3.05, 3.63) is 29.8 Å². The van der Waals surface area contributed by atoms with Gasteiger partial charge in [0.1, 0.15) is 5.75 Å². The van der Waals surface area contributed by atoms with E-state index >= 15 is 0 Å². The fourth-order valence-corrected chi connectivity index (χ4v) is 2.64. The van der Waals surface area contributed by atoms with E-state index < -0.39 is 11.9 Å². The molecule has 1 saturated heterocycles. The van der Waals surface area contributed by atoms with E-state index in [0.29, 0.717) is 31.7 Å². The van der Waals surface area contributed by atoms with Gasteiger partial charge in [0.05, 0.1) is 0 Å². The largest absolute Gasteiger partial charge is 0.550 e. The van der Waals surface area contributed by atoms with E-state index in [4.69, 9.17) is 4.74 Å². The predicted octanol–water partition coefficient (Wildman–Crippen LogP) is 1.01. The van der Waals surface area contributed by atoms with Gasteiger partial charge in [0.2, 0.25) is 0 Å². The third kappa shape index (κ3) is 4.48. The highest BCUT2D eigenvalue weighted by Gasteiger charge is 2.23. The van der Waals surface area contributed by atoms with Crippen molar-refractivity contribution >= 4 is 11.9 Å². The van der Waals surface area contributed by atoms with Crippen molar-refractivity contribution in [2.75, 3.05) is 19.7 Å². The molecule has 2 rings (SSSR count). The van der Waals surface area contributed by atoms with E-state index in [1.165, 1.54) is 5.56 Å². The van der Waals surface area contributed by atoms with Crippen LogP contribution in [0.15, 0.2) is 24.3 Å². The van der Waals surface area contributed by atoms with Crippen molar-refractivity contribution < 1.29 is 19.4 Å². The molecule has 1 heterocycles. The van der Waals surface area contributed by atoms with Crippen LogP contribution >= 0.6 is 0 Å². The fourth-order valence-electron chi connectivity index (χ4n) is 2.64. The first-order chi connectivity index (χ1) is 10.6. The molecule has 0 bridgehead atoms. The molecule has 0 unspecified atom stereocenters. The summed E-state index contributed by atoms with van der Waals surface area (Å²) in [6, 6.07) is 7.77. The minimum atomic E-state index is -1.02. The maximum absolute atomic E-state index is 12.1. The Morgan fingerprint density at radius 1 is 1.23 bits per heavy atom. The number of hydrogen-bond donors (Lipinski definition) is 0. The second-order valence-corrected chi connectivity index (χ2v) is 5.66. The molecule has 120 valence electrons. The number of carbonyl (C=O) groups excluding carboxylic acids is 2. The number of carboxylic acid groups (broad SMARTS) is 1. The van der Waals surface area contributed by atoms with Gasteiger partial charge in [0.25, 0.3) is 5.91 Å². The first-order valence-electron chi connectivity index (χ1n) is 7.80. The molecule has 22 heavy (non-hydrogen) atoms. The number of amides is 1. The van der Waals surface area contributed by atoms with Crippen LogP contribution in [0.1, 0.15) is 31.7 Å².